The normalized spacial score (nSPS) is 32.8. The molecule has 0 aromatic heterocycles. The third-order valence-corrected chi connectivity index (χ3v) is 9.95. The van der Waals surface area contributed by atoms with Gasteiger partial charge < -0.3 is 19.4 Å². The number of ketones is 1. The zero-order valence-corrected chi connectivity index (χ0v) is 22.9. The molecule has 4 aliphatic carbocycles. The summed E-state index contributed by atoms with van der Waals surface area (Å²) in [7, 11) is 3.58. The Balaban J connectivity index is 1.61. The van der Waals surface area contributed by atoms with Crippen LogP contribution in [0.2, 0.25) is 0 Å². The number of ether oxygens (including phenoxy) is 3. The molecule has 2 saturated carbocycles. The van der Waals surface area contributed by atoms with Crippen LogP contribution in [-0.4, -0.2) is 55.7 Å². The number of hydrogen-bond donors (Lipinski definition) is 1. The second-order valence-electron chi connectivity index (χ2n) is 11.5. The van der Waals surface area contributed by atoms with Crippen LogP contribution in [0.5, 0.6) is 0 Å². The number of fused-ring (bicyclic) bond motifs is 4. The number of carbonyl (C=O) groups is 2. The predicted molar refractivity (Wildman–Crippen MR) is 143 cm³/mol. The van der Waals surface area contributed by atoms with Crippen LogP contribution >= 0.6 is 0 Å². The highest BCUT2D eigenvalue weighted by atomic mass is 16.5. The number of carbonyl (C=O) groups excluding carboxylic acids is 2. The van der Waals surface area contributed by atoms with E-state index in [9.17, 15) is 14.8 Å². The molecular formula is C31H39NO6. The van der Waals surface area contributed by atoms with Crippen molar-refractivity contribution in [3.05, 3.63) is 58.2 Å². The van der Waals surface area contributed by atoms with Crippen molar-refractivity contribution in [1.82, 2.24) is 0 Å². The molecule has 7 nitrogen and oxygen atoms in total. The van der Waals surface area contributed by atoms with Gasteiger partial charge in [0.25, 0.3) is 0 Å². The van der Waals surface area contributed by atoms with Crippen molar-refractivity contribution in [2.24, 2.45) is 22.4 Å². The largest absolute Gasteiger partial charge is 0.461 e. The number of esters is 1. The topological polar surface area (TPSA) is 94.4 Å². The average molecular weight is 522 g/mol. The number of allylic oxidation sites excluding steroid dienone is 4. The van der Waals surface area contributed by atoms with Gasteiger partial charge in [0.15, 0.2) is 11.5 Å². The van der Waals surface area contributed by atoms with Crippen LogP contribution in [0.15, 0.2) is 52.2 Å². The highest BCUT2D eigenvalue weighted by Gasteiger charge is 2.63. The number of oxime groups is 1. The van der Waals surface area contributed by atoms with E-state index in [0.29, 0.717) is 30.4 Å². The monoisotopic (exact) mass is 521 g/mol. The Morgan fingerprint density at radius 2 is 1.89 bits per heavy atom. The van der Waals surface area contributed by atoms with Crippen LogP contribution in [0.3, 0.4) is 0 Å². The fourth-order valence-electron chi connectivity index (χ4n) is 8.19. The van der Waals surface area contributed by atoms with Gasteiger partial charge >= 0.3 is 5.97 Å². The van der Waals surface area contributed by atoms with E-state index >= 15 is 0 Å². The molecule has 204 valence electrons. The van der Waals surface area contributed by atoms with Gasteiger partial charge in [-0.2, -0.15) is 0 Å². The lowest BCUT2D eigenvalue weighted by atomic mass is 9.51. The maximum absolute atomic E-state index is 12.3. The van der Waals surface area contributed by atoms with E-state index in [-0.39, 0.29) is 35.0 Å². The molecule has 0 heterocycles. The summed E-state index contributed by atoms with van der Waals surface area (Å²) < 4.78 is 17.1. The van der Waals surface area contributed by atoms with Gasteiger partial charge in [-0.15, -0.1) is 0 Å². The Hall–Kier alpha value is -2.77. The standard InChI is InChI=1S/C31H39NO6/c1-5-38-29(34)28(32-35)20-8-6-19(7-9-20)25-17-30(2)26(14-15-31(30,37-4)18-36-3)24-12-10-21-16-22(33)11-13-23(21)27(24)25/h6-9,16,24-26,35H,5,10-15,17-18H2,1-4H3/b32-28+/t24-,25+,26-,30-,31+/m0/s1. The minimum absolute atomic E-state index is 0.0792. The van der Waals surface area contributed by atoms with E-state index in [1.165, 1.54) is 16.7 Å². The van der Waals surface area contributed by atoms with Crippen LogP contribution in [0.1, 0.15) is 75.8 Å². The van der Waals surface area contributed by atoms with Crippen molar-refractivity contribution in [3.8, 4) is 0 Å². The average Bonchev–Trinajstić information content (AvgIpc) is 3.21. The molecule has 0 unspecified atom stereocenters. The number of nitrogens with zero attached hydrogens (tertiary/aromatic N) is 1. The molecule has 0 saturated heterocycles. The third kappa shape index (κ3) is 4.15. The Labute approximate surface area is 224 Å². The Kier molecular flexibility index (Phi) is 7.35. The molecule has 1 N–H and O–H groups in total. The van der Waals surface area contributed by atoms with Gasteiger partial charge in [-0.05, 0) is 80.1 Å². The van der Waals surface area contributed by atoms with Crippen LogP contribution in [0, 0.1) is 17.3 Å². The minimum Gasteiger partial charge on any atom is -0.461 e. The lowest BCUT2D eigenvalue weighted by Crippen LogP contribution is -2.54. The lowest BCUT2D eigenvalue weighted by molar-refractivity contribution is -0.149. The highest BCUT2D eigenvalue weighted by molar-refractivity contribution is 6.43. The molecule has 2 fully saturated rings. The molecule has 7 heteroatoms. The predicted octanol–water partition coefficient (Wildman–Crippen LogP) is 5.36. The molecule has 0 spiro atoms. The molecule has 38 heavy (non-hydrogen) atoms. The minimum atomic E-state index is -0.648. The van der Waals surface area contributed by atoms with Crippen molar-refractivity contribution >= 4 is 17.5 Å². The van der Waals surface area contributed by atoms with Gasteiger partial charge in [0.2, 0.25) is 0 Å². The summed E-state index contributed by atoms with van der Waals surface area (Å²) in [5, 5.41) is 12.7. The summed E-state index contributed by atoms with van der Waals surface area (Å²) in [5.41, 5.74) is 5.26. The van der Waals surface area contributed by atoms with Crippen molar-refractivity contribution in [2.45, 2.75) is 70.3 Å². The van der Waals surface area contributed by atoms with E-state index in [4.69, 9.17) is 14.2 Å². The van der Waals surface area contributed by atoms with Gasteiger partial charge in [-0.1, -0.05) is 41.9 Å². The van der Waals surface area contributed by atoms with E-state index in [1.54, 1.807) is 14.0 Å². The second-order valence-corrected chi connectivity index (χ2v) is 11.5. The van der Waals surface area contributed by atoms with Gasteiger partial charge in [-0.3, -0.25) is 4.79 Å². The fraction of sp³-hybridized carbons (Fsp3) is 0.581. The van der Waals surface area contributed by atoms with Gasteiger partial charge in [-0.25, -0.2) is 4.79 Å². The van der Waals surface area contributed by atoms with Gasteiger partial charge in [0, 0.05) is 37.5 Å². The Bertz CT molecular complexity index is 1200. The first-order valence-electron chi connectivity index (χ1n) is 13.8. The number of benzene rings is 1. The van der Waals surface area contributed by atoms with Crippen molar-refractivity contribution in [1.29, 1.82) is 0 Å². The zero-order chi connectivity index (χ0) is 27.1. The molecular weight excluding hydrogens is 482 g/mol. The van der Waals surface area contributed by atoms with Crippen molar-refractivity contribution in [2.75, 3.05) is 27.4 Å². The molecule has 5 atom stereocenters. The van der Waals surface area contributed by atoms with Crippen LogP contribution in [0.25, 0.3) is 0 Å². The summed E-state index contributed by atoms with van der Waals surface area (Å²) in [5.74, 6) is 0.667. The molecule has 0 bridgehead atoms. The SMILES string of the molecule is CCOC(=O)/C(=N/O)c1ccc([C@H]2C[C@@]3(C)[C@@H](CC[C@]3(COC)OC)[C@@H]3CCC4=CC(=O)CCC4=C32)cc1. The highest BCUT2D eigenvalue weighted by Crippen LogP contribution is 2.67. The zero-order valence-electron chi connectivity index (χ0n) is 22.9. The first-order valence-corrected chi connectivity index (χ1v) is 13.8. The smallest absolute Gasteiger partial charge is 0.361 e. The Morgan fingerprint density at radius 3 is 2.55 bits per heavy atom. The molecule has 0 amide bonds. The third-order valence-electron chi connectivity index (χ3n) is 9.95. The van der Waals surface area contributed by atoms with E-state index < -0.39 is 5.97 Å². The van der Waals surface area contributed by atoms with Gasteiger partial charge in [0.05, 0.1) is 18.8 Å². The summed E-state index contributed by atoms with van der Waals surface area (Å²) in [4.78, 5) is 24.6. The van der Waals surface area contributed by atoms with Crippen LogP contribution < -0.4 is 0 Å². The molecule has 0 aliphatic heterocycles. The molecule has 4 aliphatic rings. The fourth-order valence-corrected chi connectivity index (χ4v) is 8.19. The maximum Gasteiger partial charge on any atom is 0.361 e. The summed E-state index contributed by atoms with van der Waals surface area (Å²) in [6, 6.07) is 7.77. The quantitative estimate of drug-likeness (QED) is 0.225. The summed E-state index contributed by atoms with van der Waals surface area (Å²) in [6.07, 6.45) is 8.27. The lowest BCUT2D eigenvalue weighted by Gasteiger charge is -2.55. The van der Waals surface area contributed by atoms with Gasteiger partial charge in [0.1, 0.15) is 0 Å². The molecule has 5 rings (SSSR count). The second kappa shape index (κ2) is 10.4. The molecule has 1 aromatic carbocycles. The van der Waals surface area contributed by atoms with Crippen LogP contribution in [0.4, 0.5) is 0 Å². The number of methoxy groups -OCH3 is 2. The van der Waals surface area contributed by atoms with E-state index in [1.807, 2.05) is 37.5 Å². The maximum atomic E-state index is 12.3. The Morgan fingerprint density at radius 1 is 1.13 bits per heavy atom. The summed E-state index contributed by atoms with van der Waals surface area (Å²) in [6.45, 7) is 4.88. The summed E-state index contributed by atoms with van der Waals surface area (Å²) >= 11 is 0. The molecule has 0 radical (unpaired) electrons. The number of rotatable bonds is 7. The number of hydrogen-bond acceptors (Lipinski definition) is 7. The molecule has 1 aromatic rings. The van der Waals surface area contributed by atoms with Crippen molar-refractivity contribution in [3.63, 3.8) is 0 Å². The van der Waals surface area contributed by atoms with Crippen LogP contribution in [-0.2, 0) is 23.8 Å². The first-order chi connectivity index (χ1) is 18.3. The van der Waals surface area contributed by atoms with E-state index in [2.05, 4.69) is 12.1 Å². The van der Waals surface area contributed by atoms with E-state index in [0.717, 1.165) is 44.1 Å². The first kappa shape index (κ1) is 26.8. The van der Waals surface area contributed by atoms with Crippen molar-refractivity contribution < 1.29 is 29.0 Å².